The van der Waals surface area contributed by atoms with Crippen molar-refractivity contribution in [1.82, 2.24) is 9.97 Å². The van der Waals surface area contributed by atoms with Gasteiger partial charge in [-0.3, -0.25) is 0 Å². The minimum absolute atomic E-state index is 0.857. The standard InChI is InChI=1S/C64H46N4/c1-5-13-47(14-6-1)51-21-33-57(34-22-51)67(58-35-23-52(24-36-58)48-15-7-2-8-16-48)61-41-29-55(30-42-61)63-45-64(66-46-65-63)56-31-43-62(44-32-56)68(59-37-25-53(26-38-59)49-17-9-3-10-18-49)60-39-27-54(28-40-60)50-19-11-4-12-20-50/h1-46H. The minimum Gasteiger partial charge on any atom is -0.311 e. The van der Waals surface area contributed by atoms with Crippen molar-refractivity contribution < 1.29 is 0 Å². The fraction of sp³-hybridized carbons (Fsp3) is 0. The number of aromatic nitrogens is 2. The van der Waals surface area contributed by atoms with Crippen molar-refractivity contribution in [2.45, 2.75) is 0 Å². The predicted molar refractivity (Wildman–Crippen MR) is 284 cm³/mol. The number of anilines is 6. The second-order valence-corrected chi connectivity index (χ2v) is 16.7. The Labute approximate surface area is 398 Å². The number of hydrogen-bond donors (Lipinski definition) is 0. The normalized spacial score (nSPS) is 10.9. The van der Waals surface area contributed by atoms with Gasteiger partial charge in [-0.2, -0.15) is 0 Å². The molecule has 1 heterocycles. The van der Waals surface area contributed by atoms with Crippen LogP contribution in [0.1, 0.15) is 0 Å². The average molecular weight is 871 g/mol. The summed E-state index contributed by atoms with van der Waals surface area (Å²) in [6.45, 7) is 0. The molecular formula is C64H46N4. The van der Waals surface area contributed by atoms with E-state index >= 15 is 0 Å². The van der Waals surface area contributed by atoms with Crippen LogP contribution in [0.25, 0.3) is 67.0 Å². The van der Waals surface area contributed by atoms with E-state index < -0.39 is 0 Å². The van der Waals surface area contributed by atoms with Crippen LogP contribution in [0.3, 0.4) is 0 Å². The molecule has 0 N–H and O–H groups in total. The highest BCUT2D eigenvalue weighted by atomic mass is 15.1. The highest BCUT2D eigenvalue weighted by Gasteiger charge is 2.17. The maximum absolute atomic E-state index is 4.75. The summed E-state index contributed by atoms with van der Waals surface area (Å²) in [7, 11) is 0. The van der Waals surface area contributed by atoms with Crippen molar-refractivity contribution in [1.29, 1.82) is 0 Å². The van der Waals surface area contributed by atoms with Crippen molar-refractivity contribution in [3.05, 3.63) is 279 Å². The molecule has 0 fully saturated rings. The number of benzene rings is 10. The number of rotatable bonds is 12. The van der Waals surface area contributed by atoms with Crippen LogP contribution in [0.15, 0.2) is 279 Å². The largest absolute Gasteiger partial charge is 0.311 e. The lowest BCUT2D eigenvalue weighted by molar-refractivity contribution is 1.17. The Morgan fingerprint density at radius 1 is 0.191 bits per heavy atom. The third-order valence-corrected chi connectivity index (χ3v) is 12.4. The highest BCUT2D eigenvalue weighted by Crippen LogP contribution is 2.40. The molecule has 0 radical (unpaired) electrons. The van der Waals surface area contributed by atoms with Gasteiger partial charge in [-0.15, -0.1) is 0 Å². The van der Waals surface area contributed by atoms with E-state index in [1.54, 1.807) is 6.33 Å². The van der Waals surface area contributed by atoms with Crippen LogP contribution >= 0.6 is 0 Å². The van der Waals surface area contributed by atoms with E-state index in [1.165, 1.54) is 44.5 Å². The lowest BCUT2D eigenvalue weighted by Gasteiger charge is -2.26. The molecule has 0 saturated heterocycles. The van der Waals surface area contributed by atoms with Gasteiger partial charge in [0.2, 0.25) is 0 Å². The highest BCUT2D eigenvalue weighted by molar-refractivity contribution is 5.83. The summed E-state index contributed by atoms with van der Waals surface area (Å²) < 4.78 is 0. The van der Waals surface area contributed by atoms with Gasteiger partial charge < -0.3 is 9.80 Å². The van der Waals surface area contributed by atoms with Gasteiger partial charge in [0.15, 0.2) is 0 Å². The Hall–Kier alpha value is -9.12. The van der Waals surface area contributed by atoms with E-state index in [-0.39, 0.29) is 0 Å². The Kier molecular flexibility index (Phi) is 11.7. The van der Waals surface area contributed by atoms with Crippen LogP contribution in [0.5, 0.6) is 0 Å². The molecule has 68 heavy (non-hydrogen) atoms. The molecular weight excluding hydrogens is 825 g/mol. The molecule has 0 saturated carbocycles. The summed E-state index contributed by atoms with van der Waals surface area (Å²) in [6, 6.07) is 96.6. The maximum Gasteiger partial charge on any atom is 0.116 e. The van der Waals surface area contributed by atoms with Crippen molar-refractivity contribution in [2.24, 2.45) is 0 Å². The van der Waals surface area contributed by atoms with Gasteiger partial charge in [0.25, 0.3) is 0 Å². The third-order valence-electron chi connectivity index (χ3n) is 12.4. The molecule has 0 aliphatic heterocycles. The lowest BCUT2D eigenvalue weighted by atomic mass is 10.0. The van der Waals surface area contributed by atoms with E-state index in [9.17, 15) is 0 Å². The van der Waals surface area contributed by atoms with Crippen molar-refractivity contribution in [3.8, 4) is 67.0 Å². The molecule has 10 aromatic carbocycles. The summed E-state index contributed by atoms with van der Waals surface area (Å²) in [5.74, 6) is 0. The van der Waals surface area contributed by atoms with Crippen molar-refractivity contribution in [3.63, 3.8) is 0 Å². The van der Waals surface area contributed by atoms with Crippen molar-refractivity contribution in [2.75, 3.05) is 9.80 Å². The second kappa shape index (κ2) is 19.2. The van der Waals surface area contributed by atoms with Crippen LogP contribution in [-0.4, -0.2) is 9.97 Å². The smallest absolute Gasteiger partial charge is 0.116 e. The summed E-state index contributed by atoms with van der Waals surface area (Å²) in [4.78, 5) is 14.1. The van der Waals surface area contributed by atoms with Crippen LogP contribution in [0, 0.1) is 0 Å². The van der Waals surface area contributed by atoms with Gasteiger partial charge >= 0.3 is 0 Å². The first-order valence-electron chi connectivity index (χ1n) is 23.0. The van der Waals surface area contributed by atoms with Crippen LogP contribution in [-0.2, 0) is 0 Å². The van der Waals surface area contributed by atoms with Gasteiger partial charge in [0, 0.05) is 45.3 Å². The minimum atomic E-state index is 0.857. The van der Waals surface area contributed by atoms with E-state index in [0.717, 1.165) is 56.6 Å². The van der Waals surface area contributed by atoms with Gasteiger partial charge in [-0.05, 0) is 123 Å². The van der Waals surface area contributed by atoms with Crippen LogP contribution in [0.2, 0.25) is 0 Å². The zero-order chi connectivity index (χ0) is 45.5. The van der Waals surface area contributed by atoms with E-state index in [0.29, 0.717) is 0 Å². The molecule has 0 aliphatic rings. The Balaban J connectivity index is 0.880. The molecule has 0 atom stereocenters. The number of hydrogen-bond acceptors (Lipinski definition) is 4. The van der Waals surface area contributed by atoms with Crippen LogP contribution < -0.4 is 9.80 Å². The molecule has 4 nitrogen and oxygen atoms in total. The molecule has 4 heteroatoms. The van der Waals surface area contributed by atoms with Gasteiger partial charge in [0.05, 0.1) is 11.4 Å². The predicted octanol–water partition coefficient (Wildman–Crippen LogP) is 17.4. The molecule has 322 valence electrons. The summed E-state index contributed by atoms with van der Waals surface area (Å²) in [5, 5.41) is 0. The molecule has 1 aromatic heterocycles. The first-order chi connectivity index (χ1) is 33.7. The first-order valence-corrected chi connectivity index (χ1v) is 23.0. The van der Waals surface area contributed by atoms with Crippen molar-refractivity contribution >= 4 is 34.1 Å². The van der Waals surface area contributed by atoms with E-state index in [2.05, 4.69) is 283 Å². The molecule has 0 aliphatic carbocycles. The molecule has 0 bridgehead atoms. The van der Waals surface area contributed by atoms with E-state index in [4.69, 9.17) is 9.97 Å². The molecule has 0 unspecified atom stereocenters. The number of nitrogens with zero attached hydrogens (tertiary/aromatic N) is 4. The Morgan fingerprint density at radius 2 is 0.382 bits per heavy atom. The quantitative estimate of drug-likeness (QED) is 0.122. The third kappa shape index (κ3) is 8.95. The monoisotopic (exact) mass is 870 g/mol. The lowest BCUT2D eigenvalue weighted by Crippen LogP contribution is -2.10. The SMILES string of the molecule is c1ccc(-c2ccc(N(c3ccc(-c4ccccc4)cc3)c3ccc(-c4cc(-c5ccc(N(c6ccc(-c7ccccc7)cc6)c6ccc(-c7ccccc7)cc6)cc5)ncn4)cc3)cc2)cc1. The van der Waals surface area contributed by atoms with Gasteiger partial charge in [-0.25, -0.2) is 9.97 Å². The second-order valence-electron chi connectivity index (χ2n) is 16.7. The molecule has 0 spiro atoms. The fourth-order valence-electron chi connectivity index (χ4n) is 8.86. The fourth-order valence-corrected chi connectivity index (χ4v) is 8.86. The zero-order valence-electron chi connectivity index (χ0n) is 37.3. The Bertz CT molecular complexity index is 2970. The molecule has 11 rings (SSSR count). The molecule has 11 aromatic rings. The van der Waals surface area contributed by atoms with Gasteiger partial charge in [0.1, 0.15) is 6.33 Å². The summed E-state index contributed by atoms with van der Waals surface area (Å²) in [6.07, 6.45) is 1.66. The van der Waals surface area contributed by atoms with Gasteiger partial charge in [-0.1, -0.05) is 194 Å². The summed E-state index contributed by atoms with van der Waals surface area (Å²) >= 11 is 0. The molecule has 0 amide bonds. The zero-order valence-corrected chi connectivity index (χ0v) is 37.3. The first kappa shape index (κ1) is 41.6. The van der Waals surface area contributed by atoms with Crippen LogP contribution in [0.4, 0.5) is 34.1 Å². The summed E-state index contributed by atoms with van der Waals surface area (Å²) in [5.41, 5.74) is 19.6. The van der Waals surface area contributed by atoms with E-state index in [1.807, 2.05) is 0 Å². The maximum atomic E-state index is 4.75. The topological polar surface area (TPSA) is 32.3 Å². The average Bonchev–Trinajstić information content (AvgIpc) is 3.43. The Morgan fingerprint density at radius 3 is 0.603 bits per heavy atom.